The molecule has 1 aromatic carbocycles. The third kappa shape index (κ3) is 5.14. The number of hydrogen-bond acceptors (Lipinski definition) is 4. The molecule has 0 radical (unpaired) electrons. The van der Waals surface area contributed by atoms with Crippen molar-refractivity contribution in [3.63, 3.8) is 0 Å². The van der Waals surface area contributed by atoms with Gasteiger partial charge in [-0.15, -0.1) is 0 Å². The lowest BCUT2D eigenvalue weighted by molar-refractivity contribution is -0.0713. The summed E-state index contributed by atoms with van der Waals surface area (Å²) in [6, 6.07) is 7.78. The average Bonchev–Trinajstić information content (AvgIpc) is 3.35. The Labute approximate surface area is 182 Å². The van der Waals surface area contributed by atoms with Crippen LogP contribution in [0, 0.1) is 0 Å². The minimum atomic E-state index is 0.00565. The van der Waals surface area contributed by atoms with Crippen LogP contribution in [0.3, 0.4) is 0 Å². The van der Waals surface area contributed by atoms with Crippen molar-refractivity contribution < 1.29 is 9.53 Å². The molecule has 3 unspecified atom stereocenters. The first-order valence-electron chi connectivity index (χ1n) is 10.7. The zero-order valence-electron chi connectivity index (χ0n) is 17.6. The molecule has 1 aromatic heterocycles. The number of ether oxygens (including phenoxy) is 1. The third-order valence-electron chi connectivity index (χ3n) is 5.77. The first kappa shape index (κ1) is 21.2. The van der Waals surface area contributed by atoms with Gasteiger partial charge in [0.2, 0.25) is 0 Å². The standard InChI is InChI=1S/C22H30ClN5O2/c1-16-12-26(13-17(2)30-16)15-21-4-3-9-27(21)22(29)24-10-18-11-25-28(14-18)20-7-5-19(23)6-8-20/h5-8,11,14,16-17,21H,3-4,9-10,12-13,15H2,1-2H3,(H,24,29). The van der Waals surface area contributed by atoms with E-state index in [1.54, 1.807) is 10.9 Å². The maximum atomic E-state index is 12.8. The fraction of sp³-hybridized carbons (Fsp3) is 0.545. The van der Waals surface area contributed by atoms with Gasteiger partial charge < -0.3 is 15.0 Å². The molecule has 8 heteroatoms. The zero-order valence-corrected chi connectivity index (χ0v) is 18.4. The van der Waals surface area contributed by atoms with E-state index in [0.717, 1.165) is 50.3 Å². The molecule has 2 aliphatic rings. The number of likely N-dealkylation sites (tertiary alicyclic amines) is 1. The van der Waals surface area contributed by atoms with Gasteiger partial charge in [0.25, 0.3) is 0 Å². The van der Waals surface area contributed by atoms with E-state index in [4.69, 9.17) is 16.3 Å². The summed E-state index contributed by atoms with van der Waals surface area (Å²) >= 11 is 5.95. The summed E-state index contributed by atoms with van der Waals surface area (Å²) in [5.41, 5.74) is 1.90. The molecule has 0 aliphatic carbocycles. The SMILES string of the molecule is CC1CN(CC2CCCN2C(=O)NCc2cnn(-c3ccc(Cl)cc3)c2)CC(C)O1. The quantitative estimate of drug-likeness (QED) is 0.788. The summed E-state index contributed by atoms with van der Waals surface area (Å²) in [5, 5.41) is 8.15. The van der Waals surface area contributed by atoms with Crippen molar-refractivity contribution in [2.24, 2.45) is 0 Å². The van der Waals surface area contributed by atoms with Gasteiger partial charge in [0.05, 0.1) is 24.1 Å². The number of urea groups is 1. The Hall–Kier alpha value is -2.09. The number of aromatic nitrogens is 2. The van der Waals surface area contributed by atoms with Crippen molar-refractivity contribution in [2.75, 3.05) is 26.2 Å². The molecule has 1 N–H and O–H groups in total. The van der Waals surface area contributed by atoms with Gasteiger partial charge >= 0.3 is 6.03 Å². The molecule has 3 heterocycles. The second-order valence-corrected chi connectivity index (χ2v) is 8.83. The lowest BCUT2D eigenvalue weighted by atomic mass is 10.1. The number of carbonyl (C=O) groups is 1. The summed E-state index contributed by atoms with van der Waals surface area (Å²) < 4.78 is 7.62. The molecule has 30 heavy (non-hydrogen) atoms. The normalized spacial score (nSPS) is 24.9. The van der Waals surface area contributed by atoms with E-state index in [2.05, 4.69) is 29.2 Å². The van der Waals surface area contributed by atoms with Gasteiger partial charge in [-0.3, -0.25) is 4.90 Å². The molecular formula is C22H30ClN5O2. The number of carbonyl (C=O) groups excluding carboxylic acids is 1. The highest BCUT2D eigenvalue weighted by molar-refractivity contribution is 6.30. The van der Waals surface area contributed by atoms with Crippen LogP contribution < -0.4 is 5.32 Å². The van der Waals surface area contributed by atoms with Crippen LogP contribution in [0.2, 0.25) is 5.02 Å². The number of halogens is 1. The molecule has 2 amide bonds. The van der Waals surface area contributed by atoms with Crippen LogP contribution in [0.25, 0.3) is 5.69 Å². The van der Waals surface area contributed by atoms with Crippen molar-refractivity contribution in [2.45, 2.75) is 51.5 Å². The van der Waals surface area contributed by atoms with E-state index in [1.807, 2.05) is 35.4 Å². The molecule has 0 spiro atoms. The van der Waals surface area contributed by atoms with Crippen molar-refractivity contribution in [3.05, 3.63) is 47.2 Å². The highest BCUT2D eigenvalue weighted by atomic mass is 35.5. The molecule has 2 aromatic rings. The fourth-order valence-corrected chi connectivity index (χ4v) is 4.62. The lowest BCUT2D eigenvalue weighted by Gasteiger charge is -2.38. The van der Waals surface area contributed by atoms with Crippen molar-refractivity contribution in [3.8, 4) is 5.69 Å². The number of nitrogens with zero attached hydrogens (tertiary/aromatic N) is 4. The predicted octanol–water partition coefficient (Wildman–Crippen LogP) is 3.31. The van der Waals surface area contributed by atoms with Crippen molar-refractivity contribution in [1.82, 2.24) is 24.9 Å². The number of hydrogen-bond donors (Lipinski definition) is 1. The Balaban J connectivity index is 1.30. The van der Waals surface area contributed by atoms with E-state index in [1.165, 1.54) is 0 Å². The summed E-state index contributed by atoms with van der Waals surface area (Å²) in [5.74, 6) is 0. The second kappa shape index (κ2) is 9.37. The Morgan fingerprint density at radius 2 is 1.97 bits per heavy atom. The van der Waals surface area contributed by atoms with Crippen molar-refractivity contribution in [1.29, 1.82) is 0 Å². The van der Waals surface area contributed by atoms with Gasteiger partial charge in [0, 0.05) is 55.5 Å². The first-order chi connectivity index (χ1) is 14.5. The van der Waals surface area contributed by atoms with E-state index >= 15 is 0 Å². The molecule has 4 rings (SSSR count). The fourth-order valence-electron chi connectivity index (χ4n) is 4.49. The minimum absolute atomic E-state index is 0.00565. The van der Waals surface area contributed by atoms with Crippen LogP contribution in [-0.2, 0) is 11.3 Å². The Morgan fingerprint density at radius 3 is 2.70 bits per heavy atom. The zero-order chi connectivity index (χ0) is 21.1. The summed E-state index contributed by atoms with van der Waals surface area (Å²) in [7, 11) is 0. The summed E-state index contributed by atoms with van der Waals surface area (Å²) in [6.45, 7) is 8.29. The van der Waals surface area contributed by atoms with Crippen LogP contribution >= 0.6 is 11.6 Å². The van der Waals surface area contributed by atoms with Gasteiger partial charge in [-0.05, 0) is 51.0 Å². The monoisotopic (exact) mass is 431 g/mol. The molecule has 0 saturated carbocycles. The van der Waals surface area contributed by atoms with E-state index in [0.29, 0.717) is 11.6 Å². The number of benzene rings is 1. The number of amides is 2. The summed E-state index contributed by atoms with van der Waals surface area (Å²) in [6.07, 6.45) is 6.32. The van der Waals surface area contributed by atoms with Gasteiger partial charge in [-0.1, -0.05) is 11.6 Å². The Kier molecular flexibility index (Phi) is 6.61. The first-order valence-corrected chi connectivity index (χ1v) is 11.1. The van der Waals surface area contributed by atoms with E-state index in [9.17, 15) is 4.79 Å². The molecule has 2 saturated heterocycles. The third-order valence-corrected chi connectivity index (χ3v) is 6.03. The van der Waals surface area contributed by atoms with E-state index in [-0.39, 0.29) is 24.3 Å². The maximum Gasteiger partial charge on any atom is 0.317 e. The molecule has 7 nitrogen and oxygen atoms in total. The predicted molar refractivity (Wildman–Crippen MR) is 117 cm³/mol. The molecule has 0 bridgehead atoms. The van der Waals surface area contributed by atoms with E-state index < -0.39 is 0 Å². The Bertz CT molecular complexity index is 845. The highest BCUT2D eigenvalue weighted by Gasteiger charge is 2.32. The van der Waals surface area contributed by atoms with Gasteiger partial charge in [-0.2, -0.15) is 5.10 Å². The number of morpholine rings is 1. The van der Waals surface area contributed by atoms with Gasteiger partial charge in [-0.25, -0.2) is 9.48 Å². The smallest absolute Gasteiger partial charge is 0.317 e. The maximum absolute atomic E-state index is 12.8. The molecule has 162 valence electrons. The molecular weight excluding hydrogens is 402 g/mol. The van der Waals surface area contributed by atoms with Gasteiger partial charge in [0.1, 0.15) is 0 Å². The van der Waals surface area contributed by atoms with Crippen LogP contribution in [0.1, 0.15) is 32.3 Å². The highest BCUT2D eigenvalue weighted by Crippen LogP contribution is 2.21. The molecule has 2 aliphatic heterocycles. The largest absolute Gasteiger partial charge is 0.373 e. The lowest BCUT2D eigenvalue weighted by Crippen LogP contribution is -2.52. The van der Waals surface area contributed by atoms with Crippen LogP contribution in [0.5, 0.6) is 0 Å². The van der Waals surface area contributed by atoms with Gasteiger partial charge in [0.15, 0.2) is 0 Å². The molecule has 2 fully saturated rings. The second-order valence-electron chi connectivity index (χ2n) is 8.39. The average molecular weight is 432 g/mol. The number of rotatable bonds is 5. The van der Waals surface area contributed by atoms with Crippen molar-refractivity contribution >= 4 is 17.6 Å². The van der Waals surface area contributed by atoms with Crippen LogP contribution in [-0.4, -0.2) is 70.0 Å². The topological polar surface area (TPSA) is 62.6 Å². The Morgan fingerprint density at radius 1 is 1.23 bits per heavy atom. The summed E-state index contributed by atoms with van der Waals surface area (Å²) in [4.78, 5) is 17.3. The molecule has 3 atom stereocenters. The van der Waals surface area contributed by atoms with Crippen LogP contribution in [0.15, 0.2) is 36.7 Å². The van der Waals surface area contributed by atoms with Crippen LogP contribution in [0.4, 0.5) is 4.79 Å². The minimum Gasteiger partial charge on any atom is -0.373 e. The number of nitrogens with one attached hydrogen (secondary N) is 1.